The molecule has 0 amide bonds. The minimum absolute atomic E-state index is 0.0266. The van der Waals surface area contributed by atoms with Gasteiger partial charge in [-0.05, 0) is 402 Å². The smallest absolute Gasteiger partial charge is 0.332 e. The molecule has 0 aliphatic heterocycles. The predicted octanol–water partition coefficient (Wildman–Crippen LogP) is 23.1. The average molecular weight is 2000 g/mol. The number of carbonyl (C=O) groups excluding carboxylic acids is 12. The van der Waals surface area contributed by atoms with Gasteiger partial charge in [-0.2, -0.15) is 0 Å². The highest BCUT2D eigenvalue weighted by Crippen LogP contribution is 2.75. The fourth-order valence-electron chi connectivity index (χ4n) is 28.4. The first-order valence-corrected chi connectivity index (χ1v) is 54.7. The van der Waals surface area contributed by atoms with E-state index in [1.54, 1.807) is 0 Å². The van der Waals surface area contributed by atoms with Gasteiger partial charge in [0.15, 0.2) is 0 Å². The monoisotopic (exact) mass is 2000 g/mol. The Labute approximate surface area is 849 Å². The molecule has 6 unspecified atom stereocenters. The molecule has 19 rings (SSSR count). The van der Waals surface area contributed by atoms with Crippen LogP contribution in [0.1, 0.15) is 477 Å². The maximum Gasteiger partial charge on any atom is 0.332 e. The molecule has 0 aromatic heterocycles. The van der Waals surface area contributed by atoms with Gasteiger partial charge in [0.1, 0.15) is 87.0 Å². The van der Waals surface area contributed by atoms with Crippen LogP contribution in [0.15, 0.2) is 0 Å². The maximum atomic E-state index is 14.6. The molecule has 0 aromatic carbocycles. The van der Waals surface area contributed by atoms with E-state index >= 15 is 0 Å². The van der Waals surface area contributed by atoms with E-state index in [9.17, 15) is 57.5 Å². The Morgan fingerprint density at radius 3 is 0.782 bits per heavy atom. The van der Waals surface area contributed by atoms with Crippen molar-refractivity contribution in [3.63, 3.8) is 0 Å². The van der Waals surface area contributed by atoms with Crippen LogP contribution in [0.3, 0.4) is 0 Å². The lowest BCUT2D eigenvalue weighted by Gasteiger charge is -2.67. The Balaban J connectivity index is 0.000000172. The van der Waals surface area contributed by atoms with Crippen LogP contribution in [0.5, 0.6) is 0 Å². The predicted molar refractivity (Wildman–Crippen MR) is 532 cm³/mol. The van der Waals surface area contributed by atoms with E-state index in [0.717, 1.165) is 128 Å². The van der Waals surface area contributed by atoms with Crippen molar-refractivity contribution in [2.24, 2.45) is 72.4 Å². The van der Waals surface area contributed by atoms with E-state index in [2.05, 4.69) is 0 Å². The quantitative estimate of drug-likeness (QED) is 0.0435. The Hall–Kier alpha value is -6.48. The van der Waals surface area contributed by atoms with Gasteiger partial charge < -0.3 is 71.1 Å². The van der Waals surface area contributed by atoms with Gasteiger partial charge in [0.2, 0.25) is 0 Å². The summed E-state index contributed by atoms with van der Waals surface area (Å²) in [4.78, 5) is 161. The zero-order valence-electron chi connectivity index (χ0n) is 93.2. The fraction of sp³-hybridized carbons (Fsp3) is 0.896. The first-order chi connectivity index (χ1) is 65.1. The summed E-state index contributed by atoms with van der Waals surface area (Å²) in [7, 11) is 0. The van der Waals surface area contributed by atoms with Crippen LogP contribution in [0.2, 0.25) is 0 Å². The molecule has 19 aliphatic rings. The van der Waals surface area contributed by atoms with Gasteiger partial charge >= 0.3 is 71.6 Å². The molecule has 0 saturated heterocycles. The summed E-state index contributed by atoms with van der Waals surface area (Å²) in [6.45, 7) is 56.8. The second kappa shape index (κ2) is 39.8. The van der Waals surface area contributed by atoms with Gasteiger partial charge in [0.05, 0.1) is 65.5 Å². The lowest BCUT2D eigenvalue weighted by Crippen LogP contribution is -2.71. The van der Waals surface area contributed by atoms with Crippen LogP contribution in [0, 0.1) is 72.4 Å². The van der Waals surface area contributed by atoms with Crippen molar-refractivity contribution in [3.8, 4) is 0 Å². The third-order valence-electron chi connectivity index (χ3n) is 36.2. The standard InChI is InChI=1S/C37H56O8.C30H50O8.C26H42O6.C22H36O5/c1-7-30(2,3)26(38)45-37-23-34(27(39)42-31(4)14-8-9-15-31)20-35(24-37,28(40)43-32(5)16-10-11-17-32)22-36(21-34,25-37)29(41)44-33(6)18-12-13-19-33;1-10-25(4,5)24(33)38-30-15-21-13-28(19-30,34-16-22(31)36-26(6,7)11-2)18-29(14-21,20-30)35-17-23(32)37-27(8,9)12-3;1-10-23(8,9)18(27)32-26-13-17-11-24(15-26,19(28)30-21(2,3)4)14-25(12-17,16-26)20(29)31-22(5,6)7;1-7-20(5,6)18(24)27-22-11-15-8-16(12-22)10-21(9-15,14-22)25-13-17(23)26-19(2,3)4/h7-25H2,1-6H3;21H,10-20H2,1-9H3;17H,10-16H2,1-9H3;15-16H,7-14H2,1-6H3. The van der Waals surface area contributed by atoms with Crippen LogP contribution >= 0.6 is 0 Å². The van der Waals surface area contributed by atoms with Crippen molar-refractivity contribution >= 4 is 71.6 Å². The van der Waals surface area contributed by atoms with Crippen LogP contribution in [0.4, 0.5) is 0 Å². The minimum Gasteiger partial charge on any atom is -0.460 e. The lowest BCUT2D eigenvalue weighted by atomic mass is 9.38. The molecule has 0 radical (unpaired) electrons. The fourth-order valence-corrected chi connectivity index (χ4v) is 28.4. The highest BCUT2D eigenvalue weighted by Gasteiger charge is 2.79. The SMILES string of the molecule is CCC(C)(C)C(=O)OC12CC3(C(=O)OC4(C)CCCC4)CC(C(=O)OC4(C)CCCC4)(C1)CC(C(=O)OC1(C)CCCC1)(C2)C3.CCC(C)(C)C(=O)OC12CC3CC(C(=O)OC(C)(C)C)(C1)CC(C(=O)OC(C)(C)C)(C3)C2.CCC(C)(C)C(=O)OC12CC3CC(CC(OCC(=O)OC(C)(C)C)(C3)C1)C2.CCC(C)(C)OC(=O)COC12CC3CC(OCC(=O)OC(C)(C)CC)(C1)CC(OC(=O)C(C)(C)CC)(C3)C2. The molecular weight excluding hydrogens is 1810 g/mol. The Bertz CT molecular complexity index is 4420. The Morgan fingerprint density at radius 2 is 0.472 bits per heavy atom. The van der Waals surface area contributed by atoms with Crippen molar-refractivity contribution in [1.29, 1.82) is 0 Å². The molecule has 806 valence electrons. The lowest BCUT2D eigenvalue weighted by molar-refractivity contribution is -0.287. The summed E-state index contributed by atoms with van der Waals surface area (Å²) in [6.07, 6.45) is 28.9. The first kappa shape index (κ1) is 114. The van der Waals surface area contributed by atoms with E-state index in [-0.39, 0.29) is 135 Å². The van der Waals surface area contributed by atoms with E-state index in [1.165, 1.54) is 6.42 Å². The van der Waals surface area contributed by atoms with Gasteiger partial charge in [0.25, 0.3) is 0 Å². The normalized spacial score (nSPS) is 34.4. The van der Waals surface area contributed by atoms with Gasteiger partial charge in [0, 0.05) is 57.8 Å². The maximum absolute atomic E-state index is 14.6. The van der Waals surface area contributed by atoms with Crippen molar-refractivity contribution < 1.29 is 129 Å². The number of rotatable bonds is 33. The molecule has 16 bridgehead atoms. The van der Waals surface area contributed by atoms with Crippen molar-refractivity contribution in [2.45, 2.75) is 561 Å². The minimum atomic E-state index is -1.18. The molecule has 142 heavy (non-hydrogen) atoms. The molecular formula is C115H184O27. The van der Waals surface area contributed by atoms with Crippen molar-refractivity contribution in [1.82, 2.24) is 0 Å². The highest BCUT2D eigenvalue weighted by molar-refractivity contribution is 5.90. The molecule has 27 heteroatoms. The number of esters is 12. The summed E-state index contributed by atoms with van der Waals surface area (Å²) in [6, 6.07) is 0. The van der Waals surface area contributed by atoms with Gasteiger partial charge in [-0.25, -0.2) is 14.4 Å². The molecule has 0 N–H and O–H groups in total. The van der Waals surface area contributed by atoms with Gasteiger partial charge in [-0.3, -0.25) is 43.2 Å². The van der Waals surface area contributed by atoms with Gasteiger partial charge in [-0.15, -0.1) is 0 Å². The molecule has 0 spiro atoms. The zero-order valence-corrected chi connectivity index (χ0v) is 93.2. The molecule has 0 heterocycles. The van der Waals surface area contributed by atoms with Crippen LogP contribution < -0.4 is 0 Å². The summed E-state index contributed by atoms with van der Waals surface area (Å²) in [5, 5.41) is 0. The Kier molecular flexibility index (Phi) is 32.0. The largest absolute Gasteiger partial charge is 0.460 e. The molecule has 19 saturated carbocycles. The van der Waals surface area contributed by atoms with Crippen LogP contribution in [-0.4, -0.2) is 175 Å². The first-order valence-electron chi connectivity index (χ1n) is 54.7. The summed E-state index contributed by atoms with van der Waals surface area (Å²) in [5.74, 6) is -2.43. The average Bonchev–Trinajstić information content (AvgIpc) is 0.993. The summed E-state index contributed by atoms with van der Waals surface area (Å²) in [5.41, 5.74) is -17.2. The third-order valence-corrected chi connectivity index (χ3v) is 36.2. The number of carbonyl (C=O) groups is 12. The number of ether oxygens (including phenoxy) is 15. The van der Waals surface area contributed by atoms with Gasteiger partial charge in [-0.1, -0.05) is 41.5 Å². The summed E-state index contributed by atoms with van der Waals surface area (Å²) < 4.78 is 91.8. The highest BCUT2D eigenvalue weighted by atomic mass is 16.6. The van der Waals surface area contributed by atoms with E-state index < -0.39 is 139 Å². The molecule has 19 fully saturated rings. The summed E-state index contributed by atoms with van der Waals surface area (Å²) >= 11 is 0. The third kappa shape index (κ3) is 25.6. The topological polar surface area (TPSA) is 343 Å². The van der Waals surface area contributed by atoms with E-state index in [0.29, 0.717) is 108 Å². The molecule has 19 aliphatic carbocycles. The molecule has 27 nitrogen and oxygen atoms in total. The Morgan fingerprint density at radius 1 is 0.232 bits per heavy atom. The van der Waals surface area contributed by atoms with E-state index in [4.69, 9.17) is 71.1 Å². The molecule has 6 atom stereocenters. The molecule has 0 aromatic rings. The van der Waals surface area contributed by atoms with E-state index in [1.807, 2.05) is 208 Å². The number of hydrogen-bond donors (Lipinski definition) is 0. The second-order valence-corrected chi connectivity index (χ2v) is 56.0. The van der Waals surface area contributed by atoms with Crippen molar-refractivity contribution in [2.75, 3.05) is 19.8 Å². The van der Waals surface area contributed by atoms with Crippen molar-refractivity contribution in [3.05, 3.63) is 0 Å². The van der Waals surface area contributed by atoms with Crippen LogP contribution in [-0.2, 0) is 129 Å². The van der Waals surface area contributed by atoms with Crippen LogP contribution in [0.25, 0.3) is 0 Å². The zero-order chi connectivity index (χ0) is 106. The second-order valence-electron chi connectivity index (χ2n) is 56.0. The number of hydrogen-bond acceptors (Lipinski definition) is 27.